The number of carbonyl (C=O) groups is 2. The Morgan fingerprint density at radius 2 is 1.86 bits per heavy atom. The highest BCUT2D eigenvalue weighted by Crippen LogP contribution is 2.31. The van der Waals surface area contributed by atoms with Gasteiger partial charge in [-0.3, -0.25) is 14.7 Å². The lowest BCUT2D eigenvalue weighted by Crippen LogP contribution is -2.41. The van der Waals surface area contributed by atoms with Gasteiger partial charge in [-0.25, -0.2) is 4.79 Å². The molecule has 9 heteroatoms. The Bertz CT molecular complexity index is 1040. The van der Waals surface area contributed by atoms with Gasteiger partial charge < -0.3 is 5.32 Å². The molecule has 1 aromatic heterocycles. The zero-order valence-electron chi connectivity index (χ0n) is 16.1. The van der Waals surface area contributed by atoms with E-state index in [1.165, 1.54) is 18.8 Å². The van der Waals surface area contributed by atoms with Crippen molar-refractivity contribution in [3.8, 4) is 17.1 Å². The standard InChI is InChI=1S/C20H20ClN5O2S/c1-12-5-4-6-14(11-12)17-24-25-20(26(17)16-9-7-15(21)8-10-16)29-13(2)18(27)23-19(28)22-3/h4-11,13H,1-3H3,(H2,22,23,27,28). The van der Waals surface area contributed by atoms with E-state index >= 15 is 0 Å². The second kappa shape index (κ2) is 9.11. The molecule has 1 unspecified atom stereocenters. The second-order valence-electron chi connectivity index (χ2n) is 6.32. The number of halogens is 1. The summed E-state index contributed by atoms with van der Waals surface area (Å²) in [5.74, 6) is 0.231. The maximum atomic E-state index is 12.3. The van der Waals surface area contributed by atoms with E-state index in [4.69, 9.17) is 11.6 Å². The number of thioether (sulfide) groups is 1. The van der Waals surface area contributed by atoms with Crippen LogP contribution in [0.3, 0.4) is 0 Å². The largest absolute Gasteiger partial charge is 0.341 e. The van der Waals surface area contributed by atoms with Crippen LogP contribution >= 0.6 is 23.4 Å². The Morgan fingerprint density at radius 3 is 2.52 bits per heavy atom. The minimum atomic E-state index is -0.562. The predicted molar refractivity (Wildman–Crippen MR) is 114 cm³/mol. The van der Waals surface area contributed by atoms with Gasteiger partial charge >= 0.3 is 6.03 Å². The zero-order chi connectivity index (χ0) is 21.0. The van der Waals surface area contributed by atoms with Gasteiger partial charge in [0.05, 0.1) is 5.25 Å². The van der Waals surface area contributed by atoms with Crippen LogP contribution in [0.2, 0.25) is 5.02 Å². The van der Waals surface area contributed by atoms with Crippen LogP contribution in [0.25, 0.3) is 17.1 Å². The number of hydrogen-bond donors (Lipinski definition) is 2. The van der Waals surface area contributed by atoms with Crippen LogP contribution in [0.5, 0.6) is 0 Å². The molecule has 7 nitrogen and oxygen atoms in total. The quantitative estimate of drug-likeness (QED) is 0.601. The lowest BCUT2D eigenvalue weighted by atomic mass is 10.1. The van der Waals surface area contributed by atoms with E-state index in [-0.39, 0.29) is 0 Å². The fourth-order valence-corrected chi connectivity index (χ4v) is 3.62. The van der Waals surface area contributed by atoms with Gasteiger partial charge in [-0.15, -0.1) is 10.2 Å². The molecule has 0 spiro atoms. The van der Waals surface area contributed by atoms with E-state index in [1.54, 1.807) is 19.1 Å². The van der Waals surface area contributed by atoms with Crippen molar-refractivity contribution in [2.45, 2.75) is 24.3 Å². The lowest BCUT2D eigenvalue weighted by Gasteiger charge is -2.14. The number of aryl methyl sites for hydroxylation is 1. The Morgan fingerprint density at radius 1 is 1.14 bits per heavy atom. The van der Waals surface area contributed by atoms with Gasteiger partial charge in [0, 0.05) is 23.3 Å². The maximum Gasteiger partial charge on any atom is 0.321 e. The summed E-state index contributed by atoms with van der Waals surface area (Å²) in [7, 11) is 1.45. The number of hydrogen-bond acceptors (Lipinski definition) is 5. The Labute approximate surface area is 177 Å². The molecule has 1 atom stereocenters. The normalized spacial score (nSPS) is 11.7. The number of urea groups is 1. The van der Waals surface area contributed by atoms with Crippen molar-refractivity contribution < 1.29 is 9.59 Å². The van der Waals surface area contributed by atoms with E-state index in [2.05, 4.69) is 20.8 Å². The van der Waals surface area contributed by atoms with E-state index in [9.17, 15) is 9.59 Å². The van der Waals surface area contributed by atoms with Crippen LogP contribution in [-0.4, -0.2) is 39.0 Å². The number of imide groups is 1. The fourth-order valence-electron chi connectivity index (χ4n) is 2.63. The summed E-state index contributed by atoms with van der Waals surface area (Å²) in [6.45, 7) is 3.71. The molecule has 0 aliphatic rings. The molecule has 2 aromatic carbocycles. The van der Waals surface area contributed by atoms with Crippen molar-refractivity contribution in [3.63, 3.8) is 0 Å². The average Bonchev–Trinajstić information content (AvgIpc) is 3.11. The second-order valence-corrected chi connectivity index (χ2v) is 8.06. The first-order chi connectivity index (χ1) is 13.9. The van der Waals surface area contributed by atoms with Crippen molar-refractivity contribution >= 4 is 35.3 Å². The Hall–Kier alpha value is -2.84. The summed E-state index contributed by atoms with van der Waals surface area (Å²) in [5, 5.41) is 13.9. The molecule has 0 radical (unpaired) electrons. The van der Waals surface area contributed by atoms with Gasteiger partial charge in [-0.2, -0.15) is 0 Å². The number of nitrogens with zero attached hydrogens (tertiary/aromatic N) is 3. The van der Waals surface area contributed by atoms with Crippen molar-refractivity contribution in [1.29, 1.82) is 0 Å². The molecule has 0 aliphatic heterocycles. The Balaban J connectivity index is 2.00. The molecule has 0 saturated carbocycles. The summed E-state index contributed by atoms with van der Waals surface area (Å²) < 4.78 is 1.87. The highest BCUT2D eigenvalue weighted by Gasteiger charge is 2.22. The van der Waals surface area contributed by atoms with Gasteiger partial charge in [-0.05, 0) is 44.2 Å². The third kappa shape index (κ3) is 4.96. The van der Waals surface area contributed by atoms with Crippen molar-refractivity contribution in [1.82, 2.24) is 25.4 Å². The summed E-state index contributed by atoms with van der Waals surface area (Å²) >= 11 is 7.26. The number of benzene rings is 2. The molecular weight excluding hydrogens is 410 g/mol. The minimum absolute atomic E-state index is 0.419. The molecule has 3 amide bonds. The van der Waals surface area contributed by atoms with E-state index in [1.807, 2.05) is 47.9 Å². The van der Waals surface area contributed by atoms with Crippen LogP contribution < -0.4 is 10.6 Å². The molecule has 3 aromatic rings. The number of carbonyl (C=O) groups excluding carboxylic acids is 2. The molecule has 0 aliphatic carbocycles. The molecule has 0 bridgehead atoms. The monoisotopic (exact) mass is 429 g/mol. The topological polar surface area (TPSA) is 88.9 Å². The molecule has 1 heterocycles. The molecule has 0 fully saturated rings. The number of rotatable bonds is 5. The van der Waals surface area contributed by atoms with Crippen molar-refractivity contribution in [2.24, 2.45) is 0 Å². The van der Waals surface area contributed by atoms with Gasteiger partial charge in [0.1, 0.15) is 0 Å². The van der Waals surface area contributed by atoms with Crippen LogP contribution in [0, 0.1) is 6.92 Å². The van der Waals surface area contributed by atoms with Crippen LogP contribution in [0.4, 0.5) is 4.79 Å². The van der Waals surface area contributed by atoms with Crippen LogP contribution in [0.1, 0.15) is 12.5 Å². The predicted octanol–water partition coefficient (Wildman–Crippen LogP) is 3.83. The SMILES string of the molecule is CNC(=O)NC(=O)C(C)Sc1nnc(-c2cccc(C)c2)n1-c1ccc(Cl)cc1. The summed E-state index contributed by atoms with van der Waals surface area (Å²) in [6.07, 6.45) is 0. The number of aromatic nitrogens is 3. The van der Waals surface area contributed by atoms with Crippen molar-refractivity contribution in [2.75, 3.05) is 7.05 Å². The van der Waals surface area contributed by atoms with Crippen molar-refractivity contribution in [3.05, 3.63) is 59.1 Å². The van der Waals surface area contributed by atoms with Gasteiger partial charge in [0.15, 0.2) is 11.0 Å². The van der Waals surface area contributed by atoms with Gasteiger partial charge in [0.25, 0.3) is 0 Å². The third-order valence-corrected chi connectivity index (χ3v) is 5.40. The highest BCUT2D eigenvalue weighted by atomic mass is 35.5. The summed E-state index contributed by atoms with van der Waals surface area (Å²) in [5.41, 5.74) is 2.82. The fraction of sp³-hybridized carbons (Fsp3) is 0.200. The van der Waals surface area contributed by atoms with E-state index in [0.29, 0.717) is 16.0 Å². The molecule has 3 rings (SSSR count). The first-order valence-electron chi connectivity index (χ1n) is 8.86. The van der Waals surface area contributed by atoms with E-state index < -0.39 is 17.2 Å². The van der Waals surface area contributed by atoms with Gasteiger partial charge in [-0.1, -0.05) is 47.1 Å². The molecule has 2 N–H and O–H groups in total. The first-order valence-corrected chi connectivity index (χ1v) is 10.1. The summed E-state index contributed by atoms with van der Waals surface area (Å²) in [6, 6.07) is 14.7. The summed E-state index contributed by atoms with van der Waals surface area (Å²) in [4.78, 5) is 23.7. The van der Waals surface area contributed by atoms with Crippen LogP contribution in [0.15, 0.2) is 53.7 Å². The first kappa shape index (κ1) is 20.9. The molecule has 0 saturated heterocycles. The molecule has 29 heavy (non-hydrogen) atoms. The molecular formula is C20H20ClN5O2S. The molecule has 150 valence electrons. The number of nitrogens with one attached hydrogen (secondary N) is 2. The van der Waals surface area contributed by atoms with Gasteiger partial charge in [0.2, 0.25) is 5.91 Å². The van der Waals surface area contributed by atoms with E-state index in [0.717, 1.165) is 16.8 Å². The minimum Gasteiger partial charge on any atom is -0.341 e. The lowest BCUT2D eigenvalue weighted by molar-refractivity contribution is -0.119. The average molecular weight is 430 g/mol. The smallest absolute Gasteiger partial charge is 0.321 e. The zero-order valence-corrected chi connectivity index (χ0v) is 17.7. The third-order valence-electron chi connectivity index (χ3n) is 4.11. The Kier molecular flexibility index (Phi) is 6.56. The highest BCUT2D eigenvalue weighted by molar-refractivity contribution is 8.00. The van der Waals surface area contributed by atoms with Crippen LogP contribution in [-0.2, 0) is 4.79 Å². The maximum absolute atomic E-state index is 12.3. The number of amides is 3.